The first-order valence-corrected chi connectivity index (χ1v) is 9.68. The van der Waals surface area contributed by atoms with E-state index in [1.807, 2.05) is 0 Å². The number of methoxy groups -OCH3 is 1. The lowest BCUT2D eigenvalue weighted by Gasteiger charge is -2.39. The van der Waals surface area contributed by atoms with Crippen LogP contribution in [0.5, 0.6) is 0 Å². The van der Waals surface area contributed by atoms with Gasteiger partial charge in [-0.3, -0.25) is 14.6 Å². The van der Waals surface area contributed by atoms with Crippen LogP contribution in [0, 0.1) is 0 Å². The molecule has 0 unspecified atom stereocenters. The number of rotatable bonds is 5. The van der Waals surface area contributed by atoms with Gasteiger partial charge in [0.2, 0.25) is 0 Å². The van der Waals surface area contributed by atoms with Gasteiger partial charge in [-0.05, 0) is 25.0 Å². The predicted octanol–water partition coefficient (Wildman–Crippen LogP) is 4.07. The molecule has 0 fully saturated rings. The maximum absolute atomic E-state index is 12.7. The third kappa shape index (κ3) is 4.11. The summed E-state index contributed by atoms with van der Waals surface area (Å²) in [5, 5.41) is 0. The maximum atomic E-state index is 12.7. The molecule has 0 aliphatic heterocycles. The van der Waals surface area contributed by atoms with Crippen molar-refractivity contribution in [2.24, 2.45) is 0 Å². The summed E-state index contributed by atoms with van der Waals surface area (Å²) < 4.78 is 4.64. The monoisotopic (exact) mass is 394 g/mol. The molecule has 0 saturated heterocycles. The number of ketones is 2. The Morgan fingerprint density at radius 3 is 2.03 bits per heavy atom. The zero-order chi connectivity index (χ0) is 21.4. The normalized spacial score (nSPS) is 16.6. The Morgan fingerprint density at radius 2 is 1.45 bits per heavy atom. The van der Waals surface area contributed by atoms with E-state index in [0.717, 1.165) is 24.2 Å². The smallest absolute Gasteiger partial charge is 0.337 e. The zero-order valence-corrected chi connectivity index (χ0v) is 17.5. The number of carbonyl (C=O) groups excluding carboxylic acids is 3. The van der Waals surface area contributed by atoms with Crippen molar-refractivity contribution < 1.29 is 19.1 Å². The first-order valence-electron chi connectivity index (χ1n) is 9.68. The number of benzene rings is 1. The van der Waals surface area contributed by atoms with Crippen molar-refractivity contribution in [1.82, 2.24) is 9.97 Å². The second-order valence-electron chi connectivity index (χ2n) is 8.81. The van der Waals surface area contributed by atoms with Crippen LogP contribution in [0.15, 0.2) is 30.5 Å². The first kappa shape index (κ1) is 20.8. The Morgan fingerprint density at radius 1 is 0.897 bits per heavy atom. The summed E-state index contributed by atoms with van der Waals surface area (Å²) in [6.07, 6.45) is 3.16. The lowest BCUT2D eigenvalue weighted by Crippen LogP contribution is -2.36. The number of carbonyl (C=O) groups is 3. The zero-order valence-electron chi connectivity index (χ0n) is 17.5. The number of hydrogen-bond acceptors (Lipinski definition) is 6. The summed E-state index contributed by atoms with van der Waals surface area (Å²) in [4.78, 5) is 45.9. The highest BCUT2D eigenvalue weighted by atomic mass is 16.5. The van der Waals surface area contributed by atoms with Gasteiger partial charge in [-0.15, -0.1) is 0 Å². The van der Waals surface area contributed by atoms with Crippen LogP contribution in [-0.2, 0) is 15.6 Å². The van der Waals surface area contributed by atoms with Crippen molar-refractivity contribution in [2.75, 3.05) is 7.11 Å². The highest BCUT2D eigenvalue weighted by molar-refractivity contribution is 6.13. The van der Waals surface area contributed by atoms with Crippen molar-refractivity contribution in [1.29, 1.82) is 0 Å². The Balaban J connectivity index is 1.81. The van der Waals surface area contributed by atoms with E-state index in [1.165, 1.54) is 37.6 Å². The second-order valence-corrected chi connectivity index (χ2v) is 8.81. The number of hydrogen-bond donors (Lipinski definition) is 0. The van der Waals surface area contributed by atoms with Crippen molar-refractivity contribution >= 4 is 17.5 Å². The van der Waals surface area contributed by atoms with E-state index in [1.54, 1.807) is 0 Å². The minimum Gasteiger partial charge on any atom is -0.465 e. The molecule has 1 aromatic heterocycles. The molecule has 0 N–H and O–H groups in total. The number of fused-ring (bicyclic) bond motifs is 1. The van der Waals surface area contributed by atoms with Crippen LogP contribution >= 0.6 is 0 Å². The quantitative estimate of drug-likeness (QED) is 0.432. The van der Waals surface area contributed by atoms with E-state index in [0.29, 0.717) is 11.1 Å². The third-order valence-electron chi connectivity index (χ3n) is 5.66. The molecule has 2 aromatic rings. The second kappa shape index (κ2) is 7.50. The fourth-order valence-corrected chi connectivity index (χ4v) is 3.60. The molecule has 6 heteroatoms. The predicted molar refractivity (Wildman–Crippen MR) is 108 cm³/mol. The van der Waals surface area contributed by atoms with Crippen LogP contribution in [0.4, 0.5) is 0 Å². The lowest BCUT2D eigenvalue weighted by molar-refractivity contribution is 0.0600. The van der Waals surface area contributed by atoms with Crippen LogP contribution in [-0.4, -0.2) is 34.6 Å². The SMILES string of the molecule is COC(=O)c1ccc(C(=O)CC(=O)c2cnc3c(n2)C(C)(C)CCC3(C)C)cc1. The molecule has 1 aromatic carbocycles. The van der Waals surface area contributed by atoms with Crippen molar-refractivity contribution in [3.8, 4) is 0 Å². The summed E-state index contributed by atoms with van der Waals surface area (Å²) in [5.41, 5.74) is 2.44. The van der Waals surface area contributed by atoms with E-state index in [-0.39, 0.29) is 34.5 Å². The first-order chi connectivity index (χ1) is 13.5. The Bertz CT molecular complexity index is 975. The number of aromatic nitrogens is 2. The number of esters is 1. The van der Waals surface area contributed by atoms with Crippen LogP contribution in [0.3, 0.4) is 0 Å². The van der Waals surface area contributed by atoms with Gasteiger partial charge in [-0.1, -0.05) is 39.8 Å². The summed E-state index contributed by atoms with van der Waals surface area (Å²) in [7, 11) is 1.29. The van der Waals surface area contributed by atoms with Crippen molar-refractivity contribution in [3.05, 3.63) is 58.7 Å². The maximum Gasteiger partial charge on any atom is 0.337 e. The van der Waals surface area contributed by atoms with Crippen LogP contribution in [0.1, 0.15) is 89.5 Å². The molecule has 29 heavy (non-hydrogen) atoms. The molecule has 1 aliphatic rings. The summed E-state index contributed by atoms with van der Waals surface area (Å²) in [6, 6.07) is 6.05. The van der Waals surface area contributed by atoms with Crippen LogP contribution in [0.2, 0.25) is 0 Å². The molecule has 6 nitrogen and oxygen atoms in total. The molecule has 0 bridgehead atoms. The van der Waals surface area contributed by atoms with Gasteiger partial charge < -0.3 is 4.74 Å². The molecule has 1 aliphatic carbocycles. The van der Waals surface area contributed by atoms with E-state index in [4.69, 9.17) is 0 Å². The molecule has 0 amide bonds. The van der Waals surface area contributed by atoms with Crippen molar-refractivity contribution in [3.63, 3.8) is 0 Å². The summed E-state index contributed by atoms with van der Waals surface area (Å²) in [6.45, 7) is 8.49. The fraction of sp³-hybridized carbons (Fsp3) is 0.435. The molecule has 0 spiro atoms. The molecule has 152 valence electrons. The molecular formula is C23H26N2O4. The Hall–Kier alpha value is -2.89. The lowest BCUT2D eigenvalue weighted by atomic mass is 9.67. The summed E-state index contributed by atoms with van der Waals surface area (Å²) in [5.74, 6) is -1.16. The van der Waals surface area contributed by atoms with Gasteiger partial charge in [0.15, 0.2) is 11.6 Å². The van der Waals surface area contributed by atoms with E-state index in [2.05, 4.69) is 42.4 Å². The van der Waals surface area contributed by atoms with Gasteiger partial charge in [0.05, 0.1) is 36.7 Å². The summed E-state index contributed by atoms with van der Waals surface area (Å²) >= 11 is 0. The third-order valence-corrected chi connectivity index (χ3v) is 5.66. The highest BCUT2D eigenvalue weighted by Crippen LogP contribution is 2.43. The van der Waals surface area contributed by atoms with E-state index < -0.39 is 5.97 Å². The molecule has 1 heterocycles. The van der Waals surface area contributed by atoms with Gasteiger partial charge in [0.1, 0.15) is 5.69 Å². The minimum atomic E-state index is -0.477. The fourth-order valence-electron chi connectivity index (χ4n) is 3.60. The Kier molecular flexibility index (Phi) is 5.39. The Labute approximate surface area is 170 Å². The van der Waals surface area contributed by atoms with Gasteiger partial charge in [-0.2, -0.15) is 0 Å². The average Bonchev–Trinajstić information content (AvgIpc) is 2.70. The van der Waals surface area contributed by atoms with E-state index >= 15 is 0 Å². The highest BCUT2D eigenvalue weighted by Gasteiger charge is 2.40. The van der Waals surface area contributed by atoms with Gasteiger partial charge in [0.25, 0.3) is 0 Å². The van der Waals surface area contributed by atoms with Gasteiger partial charge >= 0.3 is 5.97 Å². The molecular weight excluding hydrogens is 368 g/mol. The molecule has 0 saturated carbocycles. The molecule has 0 radical (unpaired) electrons. The number of nitrogens with zero attached hydrogens (tertiary/aromatic N) is 2. The van der Waals surface area contributed by atoms with E-state index in [9.17, 15) is 14.4 Å². The standard InChI is InChI=1S/C23H26N2O4/c1-22(2)10-11-23(3,4)20-19(22)24-13-16(25-20)18(27)12-17(26)14-6-8-15(9-7-14)21(28)29-5/h6-9,13H,10-12H2,1-5H3. The number of ether oxygens (including phenoxy) is 1. The van der Waals surface area contributed by atoms with Crippen LogP contribution in [0.25, 0.3) is 0 Å². The largest absolute Gasteiger partial charge is 0.465 e. The van der Waals surface area contributed by atoms with Gasteiger partial charge in [-0.25, -0.2) is 9.78 Å². The van der Waals surface area contributed by atoms with Gasteiger partial charge in [0, 0.05) is 16.4 Å². The number of Topliss-reactive ketones (excluding diaryl/α,β-unsaturated/α-hetero) is 2. The van der Waals surface area contributed by atoms with Crippen LogP contribution < -0.4 is 0 Å². The van der Waals surface area contributed by atoms with Crippen molar-refractivity contribution in [2.45, 2.75) is 57.8 Å². The molecule has 0 atom stereocenters. The topological polar surface area (TPSA) is 86.2 Å². The minimum absolute atomic E-state index is 0.0867. The average molecular weight is 394 g/mol. The molecule has 3 rings (SSSR count).